The molecular weight excluding hydrogens is 218 g/mol. The van der Waals surface area contributed by atoms with E-state index < -0.39 is 0 Å². The smallest absolute Gasteiger partial charge is 0.107 e. The van der Waals surface area contributed by atoms with Gasteiger partial charge in [-0.15, -0.1) is 11.3 Å². The molecule has 0 unspecified atom stereocenters. The SMILES string of the molecule is N#CCc1csc(CN2CCCCCC2)n1. The molecule has 1 aromatic heterocycles. The van der Waals surface area contributed by atoms with Crippen molar-refractivity contribution < 1.29 is 0 Å². The van der Waals surface area contributed by atoms with Gasteiger partial charge in [-0.1, -0.05) is 12.8 Å². The average molecular weight is 235 g/mol. The Morgan fingerprint density at radius 2 is 2.06 bits per heavy atom. The lowest BCUT2D eigenvalue weighted by molar-refractivity contribution is 0.276. The number of aromatic nitrogens is 1. The van der Waals surface area contributed by atoms with Gasteiger partial charge in [-0.05, 0) is 25.9 Å². The molecule has 2 rings (SSSR count). The van der Waals surface area contributed by atoms with Gasteiger partial charge in [0.05, 0.1) is 24.7 Å². The second-order valence-electron chi connectivity index (χ2n) is 4.26. The minimum atomic E-state index is 0.441. The van der Waals surface area contributed by atoms with Crippen LogP contribution in [-0.2, 0) is 13.0 Å². The van der Waals surface area contributed by atoms with Crippen molar-refractivity contribution in [2.75, 3.05) is 13.1 Å². The van der Waals surface area contributed by atoms with Gasteiger partial charge >= 0.3 is 0 Å². The highest BCUT2D eigenvalue weighted by molar-refractivity contribution is 7.09. The van der Waals surface area contributed by atoms with E-state index in [1.807, 2.05) is 5.38 Å². The van der Waals surface area contributed by atoms with Gasteiger partial charge in [0, 0.05) is 5.38 Å². The summed E-state index contributed by atoms with van der Waals surface area (Å²) in [6, 6.07) is 2.14. The molecule has 0 saturated carbocycles. The summed E-state index contributed by atoms with van der Waals surface area (Å²) in [5.41, 5.74) is 0.928. The lowest BCUT2D eigenvalue weighted by atomic mass is 10.2. The van der Waals surface area contributed by atoms with Crippen LogP contribution in [0.3, 0.4) is 0 Å². The molecule has 0 aliphatic carbocycles. The van der Waals surface area contributed by atoms with E-state index >= 15 is 0 Å². The molecule has 0 spiro atoms. The van der Waals surface area contributed by atoms with E-state index in [1.54, 1.807) is 11.3 Å². The first-order valence-corrected chi connectivity index (χ1v) is 6.79. The average Bonchev–Trinajstić information content (AvgIpc) is 2.56. The number of thiazole rings is 1. The summed E-state index contributed by atoms with van der Waals surface area (Å²) in [6.07, 6.45) is 5.81. The fourth-order valence-corrected chi connectivity index (χ4v) is 2.90. The maximum absolute atomic E-state index is 8.59. The molecule has 2 heterocycles. The molecule has 1 aromatic rings. The van der Waals surface area contributed by atoms with E-state index in [9.17, 15) is 0 Å². The van der Waals surface area contributed by atoms with Crippen molar-refractivity contribution in [3.05, 3.63) is 16.1 Å². The quantitative estimate of drug-likeness (QED) is 0.808. The van der Waals surface area contributed by atoms with Crippen LogP contribution in [0.2, 0.25) is 0 Å². The first-order valence-electron chi connectivity index (χ1n) is 5.91. The van der Waals surface area contributed by atoms with E-state index in [2.05, 4.69) is 16.0 Å². The van der Waals surface area contributed by atoms with Crippen molar-refractivity contribution in [2.24, 2.45) is 0 Å². The van der Waals surface area contributed by atoms with Crippen LogP contribution in [-0.4, -0.2) is 23.0 Å². The monoisotopic (exact) mass is 235 g/mol. The van der Waals surface area contributed by atoms with E-state index in [0.29, 0.717) is 6.42 Å². The maximum Gasteiger partial charge on any atom is 0.107 e. The Morgan fingerprint density at radius 1 is 1.31 bits per heavy atom. The summed E-state index contributed by atoms with van der Waals surface area (Å²) in [6.45, 7) is 3.37. The van der Waals surface area contributed by atoms with E-state index in [0.717, 1.165) is 17.2 Å². The number of hydrogen-bond acceptors (Lipinski definition) is 4. The Morgan fingerprint density at radius 3 is 2.75 bits per heavy atom. The zero-order valence-electron chi connectivity index (χ0n) is 9.48. The third kappa shape index (κ3) is 3.29. The Labute approximate surface area is 101 Å². The predicted molar refractivity (Wildman–Crippen MR) is 65.2 cm³/mol. The molecule has 1 aliphatic rings. The van der Waals surface area contributed by atoms with Crippen LogP contribution in [0.4, 0.5) is 0 Å². The zero-order valence-corrected chi connectivity index (χ0v) is 10.3. The van der Waals surface area contributed by atoms with Crippen LogP contribution in [0.25, 0.3) is 0 Å². The summed E-state index contributed by atoms with van der Waals surface area (Å²) in [5, 5.41) is 11.8. The molecule has 0 radical (unpaired) electrons. The van der Waals surface area contributed by atoms with Gasteiger partial charge in [0.25, 0.3) is 0 Å². The van der Waals surface area contributed by atoms with Crippen molar-refractivity contribution in [2.45, 2.75) is 38.6 Å². The molecule has 0 N–H and O–H groups in total. The highest BCUT2D eigenvalue weighted by Crippen LogP contribution is 2.16. The zero-order chi connectivity index (χ0) is 11.2. The molecule has 1 saturated heterocycles. The number of nitrogens with zero attached hydrogens (tertiary/aromatic N) is 3. The fourth-order valence-electron chi connectivity index (χ4n) is 2.07. The van der Waals surface area contributed by atoms with Gasteiger partial charge in [0.1, 0.15) is 5.01 Å². The summed E-state index contributed by atoms with van der Waals surface area (Å²) in [4.78, 5) is 6.97. The molecule has 0 amide bonds. The summed E-state index contributed by atoms with van der Waals surface area (Å²) in [5.74, 6) is 0. The van der Waals surface area contributed by atoms with Gasteiger partial charge in [-0.2, -0.15) is 5.26 Å². The molecule has 4 heteroatoms. The van der Waals surface area contributed by atoms with Crippen molar-refractivity contribution >= 4 is 11.3 Å². The molecule has 0 atom stereocenters. The molecule has 0 aromatic carbocycles. The van der Waals surface area contributed by atoms with Crippen LogP contribution >= 0.6 is 11.3 Å². The fraction of sp³-hybridized carbons (Fsp3) is 0.667. The molecule has 0 bridgehead atoms. The molecule has 1 aliphatic heterocycles. The van der Waals surface area contributed by atoms with Crippen molar-refractivity contribution in [1.29, 1.82) is 5.26 Å². The Kier molecular flexibility index (Phi) is 4.32. The van der Waals surface area contributed by atoms with Gasteiger partial charge in [0.15, 0.2) is 0 Å². The third-order valence-corrected chi connectivity index (χ3v) is 3.80. The topological polar surface area (TPSA) is 39.9 Å². The Balaban J connectivity index is 1.89. The van der Waals surface area contributed by atoms with E-state index in [-0.39, 0.29) is 0 Å². The number of rotatable bonds is 3. The largest absolute Gasteiger partial charge is 0.297 e. The summed E-state index contributed by atoms with van der Waals surface area (Å²) in [7, 11) is 0. The van der Waals surface area contributed by atoms with Gasteiger partial charge in [-0.3, -0.25) is 4.90 Å². The molecule has 3 nitrogen and oxygen atoms in total. The highest BCUT2D eigenvalue weighted by Gasteiger charge is 2.11. The maximum atomic E-state index is 8.59. The molecular formula is C12H17N3S. The summed E-state index contributed by atoms with van der Waals surface area (Å²) >= 11 is 1.69. The van der Waals surface area contributed by atoms with E-state index in [4.69, 9.17) is 5.26 Å². The van der Waals surface area contributed by atoms with Crippen LogP contribution in [0, 0.1) is 11.3 Å². The normalized spacial score (nSPS) is 17.9. The summed E-state index contributed by atoms with van der Waals surface area (Å²) < 4.78 is 0. The Hall–Kier alpha value is -0.920. The van der Waals surface area contributed by atoms with Gasteiger partial charge in [-0.25, -0.2) is 4.98 Å². The second-order valence-corrected chi connectivity index (χ2v) is 5.20. The first kappa shape index (κ1) is 11.6. The van der Waals surface area contributed by atoms with Gasteiger partial charge < -0.3 is 0 Å². The standard InChI is InChI=1S/C12H17N3S/c13-6-5-11-10-16-12(14-11)9-15-7-3-1-2-4-8-15/h10H,1-5,7-9H2. The number of nitriles is 1. The van der Waals surface area contributed by atoms with Crippen LogP contribution in [0.15, 0.2) is 5.38 Å². The predicted octanol–water partition coefficient (Wildman–Crippen LogP) is 2.59. The molecule has 16 heavy (non-hydrogen) atoms. The number of likely N-dealkylation sites (tertiary alicyclic amines) is 1. The van der Waals surface area contributed by atoms with E-state index in [1.165, 1.54) is 38.8 Å². The van der Waals surface area contributed by atoms with Gasteiger partial charge in [0.2, 0.25) is 0 Å². The third-order valence-electron chi connectivity index (χ3n) is 2.92. The minimum absolute atomic E-state index is 0.441. The highest BCUT2D eigenvalue weighted by atomic mass is 32.1. The second kappa shape index (κ2) is 5.97. The first-order chi connectivity index (χ1) is 7.88. The lowest BCUT2D eigenvalue weighted by Gasteiger charge is -2.17. The lowest BCUT2D eigenvalue weighted by Crippen LogP contribution is -2.23. The van der Waals surface area contributed by atoms with Crippen molar-refractivity contribution in [1.82, 2.24) is 9.88 Å². The van der Waals surface area contributed by atoms with Crippen LogP contribution < -0.4 is 0 Å². The Bertz CT molecular complexity index is 359. The van der Waals surface area contributed by atoms with Crippen LogP contribution in [0.1, 0.15) is 36.4 Å². The van der Waals surface area contributed by atoms with Crippen LogP contribution in [0.5, 0.6) is 0 Å². The van der Waals surface area contributed by atoms with Crippen molar-refractivity contribution in [3.8, 4) is 6.07 Å². The number of hydrogen-bond donors (Lipinski definition) is 0. The minimum Gasteiger partial charge on any atom is -0.297 e. The van der Waals surface area contributed by atoms with Crippen molar-refractivity contribution in [3.63, 3.8) is 0 Å². The molecule has 86 valence electrons. The molecule has 1 fully saturated rings.